The molecule has 9 nitrogen and oxygen atoms in total. The Balaban J connectivity index is 0.856. The van der Waals surface area contributed by atoms with Gasteiger partial charge in [0, 0.05) is 83.5 Å². The lowest BCUT2D eigenvalue weighted by atomic mass is 9.55. The highest BCUT2D eigenvalue weighted by Gasteiger charge is 2.69. The van der Waals surface area contributed by atoms with Crippen LogP contribution in [0.15, 0.2) is 291 Å². The van der Waals surface area contributed by atoms with Crippen molar-refractivity contribution < 1.29 is 0 Å². The van der Waals surface area contributed by atoms with Crippen LogP contribution in [0.5, 0.6) is 0 Å². The highest BCUT2D eigenvalue weighted by Crippen LogP contribution is 2.58. The molecule has 390 valence electrons. The van der Waals surface area contributed by atoms with Crippen LogP contribution in [-0.4, -0.2) is 35.1 Å². The van der Waals surface area contributed by atoms with Crippen molar-refractivity contribution in [3.63, 3.8) is 0 Å². The molecule has 15 aromatic rings. The fourth-order valence-electron chi connectivity index (χ4n) is 15.0. The number of benzene rings is 12. The minimum absolute atomic E-state index is 0.356. The Morgan fingerprint density at radius 1 is 0.179 bits per heavy atom. The van der Waals surface area contributed by atoms with Crippen molar-refractivity contribution in [3.05, 3.63) is 291 Å². The van der Waals surface area contributed by atoms with E-state index in [-0.39, 0.29) is 21.4 Å². The maximum atomic E-state index is 2.70. The Bertz CT molecular complexity index is 4550. The van der Waals surface area contributed by atoms with Crippen LogP contribution in [0.1, 0.15) is 0 Å². The van der Waals surface area contributed by atoms with Gasteiger partial charge in [-0.2, -0.15) is 0 Å². The fraction of sp³-hybridized carbons (Fsp3) is 0. The van der Waals surface area contributed by atoms with Crippen LogP contribution in [-0.2, 0) is 0 Å². The molecule has 0 unspecified atom stereocenters. The zero-order valence-electron chi connectivity index (χ0n) is 45.5. The molecule has 0 N–H and O–H groups in total. The van der Waals surface area contributed by atoms with Crippen LogP contribution in [0.25, 0.3) is 82.5 Å². The van der Waals surface area contributed by atoms with E-state index < -0.39 is 0 Å². The van der Waals surface area contributed by atoms with Gasteiger partial charge in [-0.3, -0.25) is 0 Å². The zero-order valence-corrected chi connectivity index (χ0v) is 45.5. The van der Waals surface area contributed by atoms with Crippen molar-refractivity contribution in [2.24, 2.45) is 0 Å². The smallest absolute Gasteiger partial charge is 0.382 e. The summed E-state index contributed by atoms with van der Waals surface area (Å²) in [4.78, 5) is 7.84. The second kappa shape index (κ2) is 17.3. The first-order valence-electron chi connectivity index (χ1n) is 29.0. The molecule has 3 aromatic heterocycles. The number of nitrogens with zero attached hydrogens (tertiary/aromatic N) is 9. The minimum Gasteiger partial charge on any atom is -0.382 e. The predicted octanol–water partition coefficient (Wildman–Crippen LogP) is 17.2. The normalized spacial score (nSPS) is 14.2. The Kier molecular flexibility index (Phi) is 9.41. The molecule has 4 aliphatic rings. The van der Waals surface area contributed by atoms with E-state index in [2.05, 4.69) is 333 Å². The van der Waals surface area contributed by atoms with Crippen molar-refractivity contribution in [2.45, 2.75) is 0 Å². The number of aromatic nitrogens is 3. The number of rotatable bonds is 6. The lowest BCUT2D eigenvalue weighted by Gasteiger charge is -2.51. The lowest BCUT2D eigenvalue weighted by molar-refractivity contribution is 1.17. The van der Waals surface area contributed by atoms with Crippen molar-refractivity contribution >= 4 is 138 Å². The summed E-state index contributed by atoms with van der Waals surface area (Å²) in [5, 5.41) is 7.45. The maximum Gasteiger partial charge on any atom is 0.489 e. The molecule has 0 atom stereocenters. The summed E-state index contributed by atoms with van der Waals surface area (Å²) in [5.74, 6) is 0. The molecule has 0 aliphatic carbocycles. The third-order valence-corrected chi connectivity index (χ3v) is 18.3. The lowest BCUT2D eigenvalue weighted by Crippen LogP contribution is -2.83. The molecule has 0 bridgehead atoms. The van der Waals surface area contributed by atoms with E-state index in [1.54, 1.807) is 0 Å². The van der Waals surface area contributed by atoms with Crippen molar-refractivity contribution in [1.82, 2.24) is 13.7 Å². The average molecular weight is 1070 g/mol. The van der Waals surface area contributed by atoms with Gasteiger partial charge in [0.25, 0.3) is 0 Å². The SMILES string of the molecule is c1cc(N2B3N(B4N(B5N3c3ccccc3N5c3cccc(-n5c6ccccc6c6ccccc65)c3)c3ccccc3N4c3cccc(-n4c5ccccc5c5ccccc54)c3)c3ccccc32)cc(-n2c3ccccc3c3ccccc32)c1. The van der Waals surface area contributed by atoms with Gasteiger partial charge in [0.2, 0.25) is 0 Å². The number of hydrogen-bond donors (Lipinski definition) is 0. The first-order valence-corrected chi connectivity index (χ1v) is 29.0. The van der Waals surface area contributed by atoms with Gasteiger partial charge in [-0.1, -0.05) is 164 Å². The summed E-state index contributed by atoms with van der Waals surface area (Å²) in [5.41, 5.74) is 20.6. The highest BCUT2D eigenvalue weighted by molar-refractivity contribution is 7.11. The van der Waals surface area contributed by atoms with Crippen LogP contribution in [0, 0.1) is 0 Å². The number of para-hydroxylation sites is 12. The van der Waals surface area contributed by atoms with Crippen molar-refractivity contribution in [1.29, 1.82) is 0 Å². The molecule has 1 saturated heterocycles. The summed E-state index contributed by atoms with van der Waals surface area (Å²) >= 11 is 0. The van der Waals surface area contributed by atoms with E-state index in [1.165, 1.54) is 65.4 Å². The van der Waals surface area contributed by atoms with E-state index >= 15 is 0 Å². The fourth-order valence-corrected chi connectivity index (χ4v) is 15.0. The molecular weight excluding hydrogens is 1020 g/mol. The quantitative estimate of drug-likeness (QED) is 0.154. The van der Waals surface area contributed by atoms with E-state index in [0.29, 0.717) is 0 Å². The van der Waals surface area contributed by atoms with Gasteiger partial charge in [-0.25, -0.2) is 0 Å². The molecule has 84 heavy (non-hydrogen) atoms. The third kappa shape index (κ3) is 6.15. The standard InChI is InChI=1S/C72H48B3N9/c1-7-34-61-55(28-1)56-29-2-8-35-62(56)76(61)49-22-19-25-52(46-49)79-67-40-13-16-43-70(67)82-73(79)83-71-44-17-14-41-68(71)80(53-26-20-23-50(47-53)77-63-36-9-3-30-57(63)58-31-4-10-37-64(58)77)75(83)84-72-45-18-15-42-69(72)81(74(82)84)54-27-21-24-51(48-54)78-65-38-11-5-32-59(65)60-33-6-12-39-66(60)78/h1-48H. The largest absolute Gasteiger partial charge is 0.489 e. The van der Waals surface area contributed by atoms with E-state index in [0.717, 1.165) is 68.2 Å². The van der Waals surface area contributed by atoms with Crippen molar-refractivity contribution in [2.75, 3.05) is 28.6 Å². The number of hydrogen-bond acceptors (Lipinski definition) is 6. The zero-order chi connectivity index (χ0) is 54.7. The summed E-state index contributed by atoms with van der Waals surface area (Å²) in [7, 11) is -1.07. The molecule has 12 heteroatoms. The van der Waals surface area contributed by atoms with Gasteiger partial charge in [0.15, 0.2) is 0 Å². The van der Waals surface area contributed by atoms with Gasteiger partial charge < -0.3 is 42.3 Å². The second-order valence-corrected chi connectivity index (χ2v) is 22.5. The Morgan fingerprint density at radius 2 is 0.381 bits per heavy atom. The average Bonchev–Trinajstić information content (AvgIpc) is 1.70. The van der Waals surface area contributed by atoms with Crippen molar-refractivity contribution in [3.8, 4) is 17.1 Å². The number of anilines is 9. The van der Waals surface area contributed by atoms with E-state index in [4.69, 9.17) is 0 Å². The molecule has 0 saturated carbocycles. The van der Waals surface area contributed by atoms with Gasteiger partial charge in [0.1, 0.15) is 0 Å². The van der Waals surface area contributed by atoms with Crippen LogP contribution >= 0.6 is 0 Å². The molecular formula is C72H48B3N9. The molecule has 12 aromatic carbocycles. The first-order chi connectivity index (χ1) is 41.7. The van der Waals surface area contributed by atoms with Crippen LogP contribution in [0.3, 0.4) is 0 Å². The van der Waals surface area contributed by atoms with Gasteiger partial charge in [-0.15, -0.1) is 0 Å². The molecule has 19 rings (SSSR count). The summed E-state index contributed by atoms with van der Waals surface area (Å²) in [6, 6.07) is 108. The number of fused-ring (bicyclic) bond motifs is 21. The Hall–Kier alpha value is -11.0. The first kappa shape index (κ1) is 45.7. The molecule has 0 amide bonds. The summed E-state index contributed by atoms with van der Waals surface area (Å²) in [6.07, 6.45) is 0. The highest BCUT2D eigenvalue weighted by atomic mass is 15.6. The molecule has 1 fully saturated rings. The third-order valence-electron chi connectivity index (χ3n) is 18.3. The Labute approximate surface area is 485 Å². The van der Waals surface area contributed by atoms with Crippen LogP contribution in [0.2, 0.25) is 0 Å². The van der Waals surface area contributed by atoms with Crippen LogP contribution in [0.4, 0.5) is 51.2 Å². The van der Waals surface area contributed by atoms with Gasteiger partial charge in [-0.05, 0) is 127 Å². The Morgan fingerprint density at radius 3 is 0.631 bits per heavy atom. The topological polar surface area (TPSA) is 34.2 Å². The van der Waals surface area contributed by atoms with Gasteiger partial charge >= 0.3 is 21.4 Å². The molecule has 7 heterocycles. The van der Waals surface area contributed by atoms with E-state index in [9.17, 15) is 0 Å². The maximum absolute atomic E-state index is 2.70. The molecule has 4 aliphatic heterocycles. The summed E-state index contributed by atoms with van der Waals surface area (Å²) < 4.78 is 15.4. The van der Waals surface area contributed by atoms with E-state index in [1.807, 2.05) is 0 Å². The molecule has 0 radical (unpaired) electrons. The minimum atomic E-state index is -0.356. The van der Waals surface area contributed by atoms with Gasteiger partial charge in [0.05, 0.1) is 50.2 Å². The predicted molar refractivity (Wildman–Crippen MR) is 353 cm³/mol. The monoisotopic (exact) mass is 1070 g/mol. The van der Waals surface area contributed by atoms with Crippen LogP contribution < -0.4 is 28.6 Å². The molecule has 0 spiro atoms. The summed E-state index contributed by atoms with van der Waals surface area (Å²) in [6.45, 7) is 0. The second-order valence-electron chi connectivity index (χ2n) is 22.5.